The molecule has 0 spiro atoms. The lowest BCUT2D eigenvalue weighted by molar-refractivity contribution is -0.384. The maximum Gasteiger partial charge on any atom is 0.293 e. The third kappa shape index (κ3) is 5.92. The first kappa shape index (κ1) is 26.2. The van der Waals surface area contributed by atoms with Crippen LogP contribution in [0.2, 0.25) is 0 Å². The van der Waals surface area contributed by atoms with Crippen LogP contribution < -0.4 is 9.47 Å². The molecular weight excluding hydrogens is 609 g/mol. The van der Waals surface area contributed by atoms with E-state index >= 15 is 0 Å². The molecule has 3 aromatic carbocycles. The molecule has 1 aliphatic heterocycles. The molecule has 0 N–H and O–H groups in total. The van der Waals surface area contributed by atoms with Crippen molar-refractivity contribution in [2.45, 2.75) is 13.2 Å². The van der Waals surface area contributed by atoms with Gasteiger partial charge in [0.25, 0.3) is 16.8 Å². The van der Waals surface area contributed by atoms with E-state index in [-0.39, 0.29) is 23.7 Å². The Bertz CT molecular complexity index is 1470. The van der Waals surface area contributed by atoms with Crippen molar-refractivity contribution in [1.29, 1.82) is 5.26 Å². The Morgan fingerprint density at radius 1 is 1.16 bits per heavy atom. The van der Waals surface area contributed by atoms with Gasteiger partial charge >= 0.3 is 0 Å². The zero-order chi connectivity index (χ0) is 26.5. The predicted octanol–water partition coefficient (Wildman–Crippen LogP) is 5.90. The van der Waals surface area contributed by atoms with E-state index in [1.807, 2.05) is 0 Å². The number of hydrogen-bond acceptors (Lipinski definition) is 8. The van der Waals surface area contributed by atoms with Gasteiger partial charge < -0.3 is 9.47 Å². The smallest absolute Gasteiger partial charge is 0.293 e. The Labute approximate surface area is 230 Å². The van der Waals surface area contributed by atoms with Crippen molar-refractivity contribution in [2.75, 3.05) is 7.11 Å². The molecule has 0 bridgehead atoms. The number of halogens is 1. The number of nitriles is 1. The monoisotopic (exact) mass is 627 g/mol. The number of thioether (sulfide) groups is 1. The molecule has 37 heavy (non-hydrogen) atoms. The number of carbonyl (C=O) groups is 2. The van der Waals surface area contributed by atoms with Crippen LogP contribution in [0.3, 0.4) is 0 Å². The Morgan fingerprint density at radius 2 is 1.89 bits per heavy atom. The first-order valence-corrected chi connectivity index (χ1v) is 12.7. The number of nitro benzene ring substituents is 1. The number of rotatable bonds is 8. The average molecular weight is 627 g/mol. The fraction of sp³-hybridized carbons (Fsp3) is 0.115. The first-order valence-electron chi connectivity index (χ1n) is 10.8. The van der Waals surface area contributed by atoms with Crippen LogP contribution in [0.1, 0.15) is 22.3 Å². The van der Waals surface area contributed by atoms with Crippen molar-refractivity contribution in [2.24, 2.45) is 0 Å². The summed E-state index contributed by atoms with van der Waals surface area (Å²) in [6.07, 6.45) is 1.62. The van der Waals surface area contributed by atoms with Gasteiger partial charge in [-0.15, -0.1) is 0 Å². The Hall–Kier alpha value is -3.89. The van der Waals surface area contributed by atoms with Crippen molar-refractivity contribution in [3.8, 4) is 17.6 Å². The second-order valence-electron chi connectivity index (χ2n) is 7.78. The quantitative estimate of drug-likeness (QED) is 0.131. The van der Waals surface area contributed by atoms with Crippen LogP contribution >= 0.6 is 34.4 Å². The van der Waals surface area contributed by atoms with Crippen LogP contribution in [-0.2, 0) is 17.9 Å². The normalized spacial score (nSPS) is 14.1. The average Bonchev–Trinajstić information content (AvgIpc) is 3.15. The van der Waals surface area contributed by atoms with E-state index in [1.54, 1.807) is 54.6 Å². The minimum atomic E-state index is -0.463. The van der Waals surface area contributed by atoms with Gasteiger partial charge in [0.05, 0.1) is 38.7 Å². The minimum absolute atomic E-state index is 0.000972. The molecule has 0 atom stereocenters. The van der Waals surface area contributed by atoms with Gasteiger partial charge in [-0.2, -0.15) is 5.26 Å². The maximum absolute atomic E-state index is 13.0. The number of methoxy groups -OCH3 is 1. The van der Waals surface area contributed by atoms with E-state index in [2.05, 4.69) is 28.7 Å². The van der Waals surface area contributed by atoms with Crippen molar-refractivity contribution in [3.63, 3.8) is 0 Å². The largest absolute Gasteiger partial charge is 0.493 e. The van der Waals surface area contributed by atoms with Crippen LogP contribution in [-0.4, -0.2) is 28.1 Å². The number of amides is 2. The van der Waals surface area contributed by atoms with E-state index in [0.29, 0.717) is 31.8 Å². The molecule has 0 saturated carbocycles. The number of hydrogen-bond donors (Lipinski definition) is 0. The molecule has 186 valence electrons. The van der Waals surface area contributed by atoms with Crippen LogP contribution in [0.4, 0.5) is 10.5 Å². The van der Waals surface area contributed by atoms with Crippen molar-refractivity contribution in [3.05, 3.63) is 102 Å². The summed E-state index contributed by atoms with van der Waals surface area (Å²) < 4.78 is 12.1. The van der Waals surface area contributed by atoms with Crippen molar-refractivity contribution < 1.29 is 24.0 Å². The molecule has 1 fully saturated rings. The standard InChI is InChI=1S/C26H18IN3O6S/c1-35-22-11-17(10-21(27)24(22)36-15-16-6-8-20(9-7-16)30(33)34)12-23-25(31)29(26(32)37-23)14-19-5-3-2-4-18(19)13-28/h2-12H,14-15H2,1H3/b23-12+. The summed E-state index contributed by atoms with van der Waals surface area (Å²) in [7, 11) is 1.49. The second-order valence-corrected chi connectivity index (χ2v) is 9.94. The molecule has 0 radical (unpaired) electrons. The molecule has 1 aliphatic rings. The Balaban J connectivity index is 1.52. The molecule has 0 aliphatic carbocycles. The van der Waals surface area contributed by atoms with Gasteiger partial charge in [0.15, 0.2) is 11.5 Å². The van der Waals surface area contributed by atoms with E-state index < -0.39 is 16.1 Å². The molecule has 9 nitrogen and oxygen atoms in total. The van der Waals surface area contributed by atoms with Gasteiger partial charge in [0.2, 0.25) is 0 Å². The second kappa shape index (κ2) is 11.4. The third-order valence-corrected chi connectivity index (χ3v) is 7.13. The summed E-state index contributed by atoms with van der Waals surface area (Å²) in [4.78, 5) is 37.3. The minimum Gasteiger partial charge on any atom is -0.493 e. The predicted molar refractivity (Wildman–Crippen MR) is 146 cm³/mol. The third-order valence-electron chi connectivity index (χ3n) is 5.42. The number of nitrogens with zero attached hydrogens (tertiary/aromatic N) is 3. The van der Waals surface area contributed by atoms with Gasteiger partial charge in [-0.3, -0.25) is 24.6 Å². The Morgan fingerprint density at radius 3 is 2.57 bits per heavy atom. The lowest BCUT2D eigenvalue weighted by Crippen LogP contribution is -2.27. The number of benzene rings is 3. The van der Waals surface area contributed by atoms with E-state index in [1.165, 1.54) is 19.2 Å². The highest BCUT2D eigenvalue weighted by atomic mass is 127. The van der Waals surface area contributed by atoms with Crippen LogP contribution in [0.15, 0.2) is 65.6 Å². The molecule has 3 aromatic rings. The van der Waals surface area contributed by atoms with E-state index in [0.717, 1.165) is 22.2 Å². The highest BCUT2D eigenvalue weighted by Crippen LogP contribution is 2.38. The maximum atomic E-state index is 13.0. The summed E-state index contributed by atoms with van der Waals surface area (Å²) in [5, 5.41) is 19.7. The highest BCUT2D eigenvalue weighted by Gasteiger charge is 2.35. The lowest BCUT2D eigenvalue weighted by Gasteiger charge is -2.14. The van der Waals surface area contributed by atoms with Gasteiger partial charge in [-0.05, 0) is 87.5 Å². The van der Waals surface area contributed by atoms with Gasteiger partial charge in [-0.1, -0.05) is 18.2 Å². The van der Waals surface area contributed by atoms with Gasteiger partial charge in [0.1, 0.15) is 6.61 Å². The van der Waals surface area contributed by atoms with Gasteiger partial charge in [-0.25, -0.2) is 0 Å². The molecule has 4 rings (SSSR count). The molecule has 1 saturated heterocycles. The molecule has 0 unspecified atom stereocenters. The molecular formula is C26H18IN3O6S. The van der Waals surface area contributed by atoms with Crippen LogP contribution in [0, 0.1) is 25.0 Å². The summed E-state index contributed by atoms with van der Waals surface area (Å²) in [6.45, 7) is 0.189. The van der Waals surface area contributed by atoms with Crippen LogP contribution in [0.5, 0.6) is 11.5 Å². The zero-order valence-corrected chi connectivity index (χ0v) is 22.3. The van der Waals surface area contributed by atoms with E-state index in [4.69, 9.17) is 9.47 Å². The van der Waals surface area contributed by atoms with Crippen molar-refractivity contribution in [1.82, 2.24) is 4.90 Å². The SMILES string of the molecule is COc1cc(/C=C2/SC(=O)N(Cc3ccccc3C#N)C2=O)cc(I)c1OCc1ccc([N+](=O)[O-])cc1. The summed E-state index contributed by atoms with van der Waals surface area (Å²) in [5.74, 6) is 0.484. The number of non-ortho nitro benzene ring substituents is 1. The van der Waals surface area contributed by atoms with Crippen LogP contribution in [0.25, 0.3) is 6.08 Å². The summed E-state index contributed by atoms with van der Waals surface area (Å²) in [6, 6.07) is 18.5. The van der Waals surface area contributed by atoms with Gasteiger partial charge in [0, 0.05) is 12.1 Å². The molecule has 2 amide bonds. The van der Waals surface area contributed by atoms with E-state index in [9.17, 15) is 25.0 Å². The number of nitro groups is 1. The number of carbonyl (C=O) groups excluding carboxylic acids is 2. The number of imide groups is 1. The molecule has 0 aromatic heterocycles. The fourth-order valence-corrected chi connectivity index (χ4v) is 5.18. The lowest BCUT2D eigenvalue weighted by atomic mass is 10.1. The number of ether oxygens (including phenoxy) is 2. The zero-order valence-electron chi connectivity index (χ0n) is 19.3. The molecule has 11 heteroatoms. The first-order chi connectivity index (χ1) is 17.8. The molecule has 1 heterocycles. The van der Waals surface area contributed by atoms with Crippen molar-refractivity contribution >= 4 is 57.3 Å². The summed E-state index contributed by atoms with van der Waals surface area (Å²) in [5.41, 5.74) is 2.40. The Kier molecular flexibility index (Phi) is 8.10. The topological polar surface area (TPSA) is 123 Å². The fourth-order valence-electron chi connectivity index (χ4n) is 3.56. The highest BCUT2D eigenvalue weighted by molar-refractivity contribution is 14.1. The summed E-state index contributed by atoms with van der Waals surface area (Å²) >= 11 is 2.93.